The second-order valence-electron chi connectivity index (χ2n) is 3.03. The highest BCUT2D eigenvalue weighted by Gasteiger charge is 2.30. The second-order valence-corrected chi connectivity index (χ2v) is 3.03. The number of aromatic nitrogens is 3. The summed E-state index contributed by atoms with van der Waals surface area (Å²) < 4.78 is 1.68. The summed E-state index contributed by atoms with van der Waals surface area (Å²) in [5, 5.41) is 10.1. The third kappa shape index (κ3) is 1.30. The number of hydrogen-bond acceptors (Lipinski definition) is 3. The molecule has 0 aliphatic heterocycles. The number of nitrogens with zero attached hydrogens (tertiary/aromatic N) is 3. The number of aryl methyl sites for hydroxylation is 1. The van der Waals surface area contributed by atoms with Crippen LogP contribution in [0.5, 0.6) is 0 Å². The lowest BCUT2D eigenvalue weighted by Gasteiger charge is -2.00. The number of carbonyl (C=O) groups is 1. The molecule has 0 saturated heterocycles. The van der Waals surface area contributed by atoms with E-state index in [0.29, 0.717) is 5.95 Å². The molecule has 1 fully saturated rings. The van der Waals surface area contributed by atoms with E-state index in [1.807, 2.05) is 0 Å². The first kappa shape index (κ1) is 7.27. The monoisotopic (exact) mass is 166 g/mol. The summed E-state index contributed by atoms with van der Waals surface area (Å²) in [6.45, 7) is 0. The van der Waals surface area contributed by atoms with Gasteiger partial charge in [0.15, 0.2) is 0 Å². The third-order valence-electron chi connectivity index (χ3n) is 1.89. The van der Waals surface area contributed by atoms with Gasteiger partial charge in [0.1, 0.15) is 6.33 Å². The lowest BCUT2D eigenvalue weighted by atomic mass is 10.4. The first-order valence-electron chi connectivity index (χ1n) is 3.92. The fourth-order valence-electron chi connectivity index (χ4n) is 0.954. The van der Waals surface area contributed by atoms with Crippen LogP contribution in [0.4, 0.5) is 5.95 Å². The molecule has 1 N–H and O–H groups in total. The summed E-state index contributed by atoms with van der Waals surface area (Å²) in [5.74, 6) is 0.791. The van der Waals surface area contributed by atoms with E-state index in [2.05, 4.69) is 15.5 Å². The maximum Gasteiger partial charge on any atom is 0.230 e. The second kappa shape index (κ2) is 2.58. The van der Waals surface area contributed by atoms with Gasteiger partial charge in [-0.05, 0) is 12.8 Å². The van der Waals surface area contributed by atoms with Crippen molar-refractivity contribution in [2.24, 2.45) is 13.0 Å². The molecule has 0 spiro atoms. The minimum absolute atomic E-state index is 0.0612. The molecule has 1 aliphatic carbocycles. The molecule has 12 heavy (non-hydrogen) atoms. The van der Waals surface area contributed by atoms with Crippen LogP contribution in [0.3, 0.4) is 0 Å². The van der Waals surface area contributed by atoms with E-state index in [4.69, 9.17) is 0 Å². The van der Waals surface area contributed by atoms with Gasteiger partial charge in [0.05, 0.1) is 0 Å². The zero-order valence-corrected chi connectivity index (χ0v) is 6.82. The van der Waals surface area contributed by atoms with Crippen molar-refractivity contribution in [3.8, 4) is 0 Å². The topological polar surface area (TPSA) is 59.8 Å². The molecule has 0 atom stereocenters. The number of anilines is 1. The Morgan fingerprint density at radius 2 is 2.50 bits per heavy atom. The molecule has 64 valence electrons. The van der Waals surface area contributed by atoms with Crippen LogP contribution in [0, 0.1) is 5.92 Å². The average Bonchev–Trinajstić information content (AvgIpc) is 2.80. The summed E-state index contributed by atoms with van der Waals surface area (Å²) in [6, 6.07) is 0. The summed E-state index contributed by atoms with van der Waals surface area (Å²) >= 11 is 0. The van der Waals surface area contributed by atoms with Gasteiger partial charge < -0.3 is 4.57 Å². The normalized spacial score (nSPS) is 16.1. The van der Waals surface area contributed by atoms with Crippen LogP contribution in [0.25, 0.3) is 0 Å². The van der Waals surface area contributed by atoms with Crippen molar-refractivity contribution in [3.63, 3.8) is 0 Å². The highest BCUT2D eigenvalue weighted by molar-refractivity contribution is 5.92. The molecule has 1 aliphatic rings. The van der Waals surface area contributed by atoms with E-state index in [9.17, 15) is 4.79 Å². The smallest absolute Gasteiger partial charge is 0.230 e. The van der Waals surface area contributed by atoms with Crippen molar-refractivity contribution in [1.29, 1.82) is 0 Å². The molecular weight excluding hydrogens is 156 g/mol. The zero-order valence-electron chi connectivity index (χ0n) is 6.82. The van der Waals surface area contributed by atoms with Gasteiger partial charge in [0, 0.05) is 13.0 Å². The first-order valence-corrected chi connectivity index (χ1v) is 3.92. The fourth-order valence-corrected chi connectivity index (χ4v) is 0.954. The van der Waals surface area contributed by atoms with E-state index in [-0.39, 0.29) is 11.8 Å². The van der Waals surface area contributed by atoms with Crippen LogP contribution >= 0.6 is 0 Å². The molecule has 5 nitrogen and oxygen atoms in total. The Kier molecular flexibility index (Phi) is 1.56. The molecule has 1 aromatic rings. The highest BCUT2D eigenvalue weighted by atomic mass is 16.2. The van der Waals surface area contributed by atoms with Gasteiger partial charge in [-0.1, -0.05) is 0 Å². The third-order valence-corrected chi connectivity index (χ3v) is 1.89. The minimum atomic E-state index is 0.0612. The van der Waals surface area contributed by atoms with Gasteiger partial charge in [-0.15, -0.1) is 10.2 Å². The molecule has 0 bridgehead atoms. The molecule has 1 heterocycles. The lowest BCUT2D eigenvalue weighted by Crippen LogP contribution is -2.16. The lowest BCUT2D eigenvalue weighted by molar-refractivity contribution is -0.117. The van der Waals surface area contributed by atoms with E-state index >= 15 is 0 Å². The van der Waals surface area contributed by atoms with Crippen LogP contribution in [0.15, 0.2) is 6.33 Å². The first-order chi connectivity index (χ1) is 5.77. The molecule has 1 amide bonds. The fraction of sp³-hybridized carbons (Fsp3) is 0.571. The standard InChI is InChI=1S/C7H10N4O/c1-11-4-8-10-7(11)9-6(12)5-2-3-5/h4-5H,2-3H2,1H3,(H,9,10,12). The van der Waals surface area contributed by atoms with Gasteiger partial charge in [-0.3, -0.25) is 10.1 Å². The van der Waals surface area contributed by atoms with Crippen LogP contribution in [-0.4, -0.2) is 20.7 Å². The maximum absolute atomic E-state index is 11.2. The Labute approximate surface area is 69.8 Å². The Morgan fingerprint density at radius 3 is 3.00 bits per heavy atom. The summed E-state index contributed by atoms with van der Waals surface area (Å²) in [7, 11) is 1.79. The van der Waals surface area contributed by atoms with Crippen LogP contribution in [-0.2, 0) is 11.8 Å². The van der Waals surface area contributed by atoms with Crippen molar-refractivity contribution < 1.29 is 4.79 Å². The van der Waals surface area contributed by atoms with Crippen molar-refractivity contribution in [2.75, 3.05) is 5.32 Å². The maximum atomic E-state index is 11.2. The molecular formula is C7H10N4O. The van der Waals surface area contributed by atoms with Gasteiger partial charge in [-0.25, -0.2) is 0 Å². The van der Waals surface area contributed by atoms with E-state index in [0.717, 1.165) is 12.8 Å². The Bertz CT molecular complexity index is 302. The number of amides is 1. The van der Waals surface area contributed by atoms with E-state index in [1.165, 1.54) is 0 Å². The quantitative estimate of drug-likeness (QED) is 0.681. The molecule has 0 unspecified atom stereocenters. The van der Waals surface area contributed by atoms with E-state index < -0.39 is 0 Å². The molecule has 0 aromatic carbocycles. The molecule has 1 aromatic heterocycles. The predicted octanol–water partition coefficient (Wildman–Crippen LogP) is 0.164. The SMILES string of the molecule is Cn1cnnc1NC(=O)C1CC1. The van der Waals surface area contributed by atoms with Crippen LogP contribution in [0.2, 0.25) is 0 Å². The summed E-state index contributed by atoms with van der Waals surface area (Å²) in [5.41, 5.74) is 0. The Morgan fingerprint density at radius 1 is 1.75 bits per heavy atom. The number of nitrogens with one attached hydrogen (secondary N) is 1. The highest BCUT2D eigenvalue weighted by Crippen LogP contribution is 2.29. The van der Waals surface area contributed by atoms with Crippen molar-refractivity contribution in [1.82, 2.24) is 14.8 Å². The van der Waals surface area contributed by atoms with Crippen molar-refractivity contribution >= 4 is 11.9 Å². The van der Waals surface area contributed by atoms with Gasteiger partial charge in [0.25, 0.3) is 0 Å². The molecule has 2 rings (SSSR count). The number of hydrogen-bond donors (Lipinski definition) is 1. The average molecular weight is 166 g/mol. The van der Waals surface area contributed by atoms with Crippen molar-refractivity contribution in [2.45, 2.75) is 12.8 Å². The van der Waals surface area contributed by atoms with E-state index in [1.54, 1.807) is 17.9 Å². The molecule has 0 radical (unpaired) electrons. The molecule has 5 heteroatoms. The van der Waals surface area contributed by atoms with Crippen LogP contribution in [0.1, 0.15) is 12.8 Å². The minimum Gasteiger partial charge on any atom is -0.303 e. The molecule has 1 saturated carbocycles. The van der Waals surface area contributed by atoms with Gasteiger partial charge >= 0.3 is 0 Å². The zero-order chi connectivity index (χ0) is 8.55. The summed E-state index contributed by atoms with van der Waals surface area (Å²) in [6.07, 6.45) is 3.57. The number of rotatable bonds is 2. The van der Waals surface area contributed by atoms with Crippen molar-refractivity contribution in [3.05, 3.63) is 6.33 Å². The number of carbonyl (C=O) groups excluding carboxylic acids is 1. The predicted molar refractivity (Wildman–Crippen MR) is 42.4 cm³/mol. The van der Waals surface area contributed by atoms with Crippen LogP contribution < -0.4 is 5.32 Å². The largest absolute Gasteiger partial charge is 0.303 e. The van der Waals surface area contributed by atoms with Gasteiger partial charge in [0.2, 0.25) is 11.9 Å². The Balaban J connectivity index is 2.02. The summed E-state index contributed by atoms with van der Waals surface area (Å²) in [4.78, 5) is 11.2. The van der Waals surface area contributed by atoms with Gasteiger partial charge in [-0.2, -0.15) is 0 Å². The Hall–Kier alpha value is -1.39.